The Balaban J connectivity index is 1.35. The van der Waals surface area contributed by atoms with Gasteiger partial charge in [0, 0.05) is 25.2 Å². The second kappa shape index (κ2) is 7.99. The Morgan fingerprint density at radius 2 is 1.93 bits per heavy atom. The maximum atomic E-state index is 14.7. The molecule has 2 saturated carbocycles. The van der Waals surface area contributed by atoms with Crippen molar-refractivity contribution >= 4 is 11.7 Å². The van der Waals surface area contributed by atoms with Gasteiger partial charge in [0.1, 0.15) is 12.3 Å². The van der Waals surface area contributed by atoms with Gasteiger partial charge in [0.05, 0.1) is 23.8 Å². The van der Waals surface area contributed by atoms with Crippen LogP contribution in [0.3, 0.4) is 0 Å². The van der Waals surface area contributed by atoms with Gasteiger partial charge >= 0.3 is 0 Å². The van der Waals surface area contributed by atoms with E-state index < -0.39 is 12.3 Å². The molecule has 6 atom stereocenters. The van der Waals surface area contributed by atoms with Gasteiger partial charge in [0.15, 0.2) is 5.78 Å². The Hall–Kier alpha value is -1.47. The van der Waals surface area contributed by atoms with Gasteiger partial charge < -0.3 is 19.9 Å². The molecule has 7 heteroatoms. The summed E-state index contributed by atoms with van der Waals surface area (Å²) in [6.45, 7) is 3.56. The molecule has 0 aromatic rings. The largest absolute Gasteiger partial charge is 0.368 e. The first-order chi connectivity index (χ1) is 14.1. The van der Waals surface area contributed by atoms with Crippen molar-refractivity contribution in [3.8, 4) is 0 Å². The van der Waals surface area contributed by atoms with Gasteiger partial charge in [-0.05, 0) is 51.6 Å². The summed E-state index contributed by atoms with van der Waals surface area (Å²) in [5.41, 5.74) is 0.259. The van der Waals surface area contributed by atoms with E-state index in [1.807, 2.05) is 0 Å². The third kappa shape index (κ3) is 3.50. The van der Waals surface area contributed by atoms with Gasteiger partial charge in [-0.1, -0.05) is 12.8 Å². The minimum atomic E-state index is -1.03. The van der Waals surface area contributed by atoms with Crippen molar-refractivity contribution in [2.24, 2.45) is 5.92 Å². The highest BCUT2D eigenvalue weighted by molar-refractivity contribution is 6.20. The molecule has 1 amide bonds. The van der Waals surface area contributed by atoms with Crippen molar-refractivity contribution in [3.63, 3.8) is 0 Å². The number of morpholine rings is 1. The zero-order valence-corrected chi connectivity index (χ0v) is 17.0. The number of ketones is 1. The lowest BCUT2D eigenvalue weighted by atomic mass is 9.71. The predicted molar refractivity (Wildman–Crippen MR) is 106 cm³/mol. The average molecular weight is 406 g/mol. The summed E-state index contributed by atoms with van der Waals surface area (Å²) in [7, 11) is 0. The Morgan fingerprint density at radius 1 is 1.14 bits per heavy atom. The summed E-state index contributed by atoms with van der Waals surface area (Å²) in [5.74, 6) is -0.732. The predicted octanol–water partition coefficient (Wildman–Crippen LogP) is 1.79. The first-order valence-corrected chi connectivity index (χ1v) is 11.5. The van der Waals surface area contributed by atoms with E-state index in [1.165, 1.54) is 12.8 Å². The number of fused-ring (bicyclic) bond motifs is 2. The van der Waals surface area contributed by atoms with E-state index in [-0.39, 0.29) is 41.4 Å². The van der Waals surface area contributed by atoms with Crippen LogP contribution in [0.25, 0.3) is 0 Å². The third-order valence-electron chi connectivity index (χ3n) is 7.62. The molecule has 6 nitrogen and oxygen atoms in total. The molecular weight excluding hydrogens is 373 g/mol. The first-order valence-electron chi connectivity index (χ1n) is 11.5. The number of hydrogen-bond acceptors (Lipinski definition) is 5. The van der Waals surface area contributed by atoms with E-state index in [1.54, 1.807) is 6.20 Å². The molecule has 2 aliphatic carbocycles. The number of carbonyl (C=O) groups is 2. The summed E-state index contributed by atoms with van der Waals surface area (Å²) in [4.78, 5) is 30.6. The smallest absolute Gasteiger partial charge is 0.256 e. The van der Waals surface area contributed by atoms with Crippen LogP contribution in [0.4, 0.5) is 4.39 Å². The van der Waals surface area contributed by atoms with Gasteiger partial charge in [0.2, 0.25) is 0 Å². The number of Topliss-reactive ketones (excluding diaryl/α,β-unsaturated/α-hetero) is 1. The number of ether oxygens (including phenoxy) is 1. The maximum Gasteiger partial charge on any atom is 0.256 e. The number of alkyl halides is 1. The van der Waals surface area contributed by atoms with Gasteiger partial charge in [-0.2, -0.15) is 0 Å². The molecule has 0 bridgehead atoms. The molecular formula is C22H32FN3O3. The molecule has 160 valence electrons. The van der Waals surface area contributed by atoms with E-state index in [0.29, 0.717) is 19.4 Å². The highest BCUT2D eigenvalue weighted by atomic mass is 19.1. The van der Waals surface area contributed by atoms with Crippen molar-refractivity contribution in [1.82, 2.24) is 15.1 Å². The van der Waals surface area contributed by atoms with Crippen LogP contribution in [-0.4, -0.2) is 78.1 Å². The molecule has 0 radical (unpaired) electrons. The number of halogens is 1. The number of hydrogen-bond donors (Lipinski definition) is 1. The maximum absolute atomic E-state index is 14.7. The van der Waals surface area contributed by atoms with Gasteiger partial charge in [-0.3, -0.25) is 9.59 Å². The van der Waals surface area contributed by atoms with Crippen molar-refractivity contribution in [3.05, 3.63) is 11.8 Å². The fourth-order valence-corrected chi connectivity index (χ4v) is 6.14. The van der Waals surface area contributed by atoms with Gasteiger partial charge in [-0.15, -0.1) is 0 Å². The monoisotopic (exact) mass is 405 g/mol. The number of amides is 1. The van der Waals surface area contributed by atoms with E-state index in [9.17, 15) is 14.0 Å². The van der Waals surface area contributed by atoms with Gasteiger partial charge in [-0.25, -0.2) is 4.39 Å². The second-order valence-corrected chi connectivity index (χ2v) is 9.34. The summed E-state index contributed by atoms with van der Waals surface area (Å²) < 4.78 is 20.9. The van der Waals surface area contributed by atoms with Crippen molar-refractivity contribution in [2.45, 2.75) is 81.8 Å². The molecule has 2 saturated heterocycles. The van der Waals surface area contributed by atoms with E-state index in [2.05, 4.69) is 15.1 Å². The normalized spacial score (nSPS) is 39.6. The van der Waals surface area contributed by atoms with Crippen molar-refractivity contribution in [1.29, 1.82) is 0 Å². The average Bonchev–Trinajstić information content (AvgIpc) is 3.25. The van der Waals surface area contributed by atoms with Crippen LogP contribution < -0.4 is 5.32 Å². The second-order valence-electron chi connectivity index (χ2n) is 9.34. The Labute approximate surface area is 171 Å². The quantitative estimate of drug-likeness (QED) is 0.723. The van der Waals surface area contributed by atoms with Crippen LogP contribution in [0.1, 0.15) is 51.4 Å². The standard InChI is InChI=1S/C22H32FN3O3/c23-16-8-7-14-19-21(16)29-18-6-2-1-5-17(18)26(19)13-15(20(14)27)22(28)24-9-12-25-10-3-4-11-25/h13-14,16-19,21H,1-12H2,(H,24,28). The lowest BCUT2D eigenvalue weighted by molar-refractivity contribution is -0.198. The summed E-state index contributed by atoms with van der Waals surface area (Å²) in [6.07, 6.45) is 7.58. The molecule has 0 spiro atoms. The topological polar surface area (TPSA) is 61.9 Å². The number of likely N-dealkylation sites (tertiary alicyclic amines) is 1. The molecule has 29 heavy (non-hydrogen) atoms. The fraction of sp³-hybridized carbons (Fsp3) is 0.818. The SMILES string of the molecule is O=C(NCCN1CCCC1)C1=CN2C3CCCCC3OC3C(F)CCC(C1=O)C32. The Bertz CT molecular complexity index is 693. The molecule has 5 rings (SSSR count). The zero-order valence-electron chi connectivity index (χ0n) is 17.0. The molecule has 0 aromatic heterocycles. The van der Waals surface area contributed by atoms with E-state index in [4.69, 9.17) is 4.74 Å². The van der Waals surface area contributed by atoms with Gasteiger partial charge in [0.25, 0.3) is 5.91 Å². The van der Waals surface area contributed by atoms with Crippen LogP contribution in [0.15, 0.2) is 11.8 Å². The highest BCUT2D eigenvalue weighted by Gasteiger charge is 2.55. The fourth-order valence-electron chi connectivity index (χ4n) is 6.14. The third-order valence-corrected chi connectivity index (χ3v) is 7.62. The van der Waals surface area contributed by atoms with E-state index >= 15 is 0 Å². The summed E-state index contributed by atoms with van der Waals surface area (Å²) in [6, 6.07) is -0.106. The lowest BCUT2D eigenvalue weighted by Gasteiger charge is -2.57. The summed E-state index contributed by atoms with van der Waals surface area (Å²) >= 11 is 0. The number of nitrogens with zero attached hydrogens (tertiary/aromatic N) is 2. The molecule has 4 fully saturated rings. The molecule has 0 aromatic carbocycles. The number of carbonyl (C=O) groups excluding carboxylic acids is 2. The Kier molecular flexibility index (Phi) is 5.37. The lowest BCUT2D eigenvalue weighted by Crippen LogP contribution is -2.68. The molecule has 3 heterocycles. The van der Waals surface area contributed by atoms with Crippen LogP contribution in [0.5, 0.6) is 0 Å². The van der Waals surface area contributed by atoms with Crippen LogP contribution >= 0.6 is 0 Å². The molecule has 6 unspecified atom stereocenters. The summed E-state index contributed by atoms with van der Waals surface area (Å²) in [5, 5.41) is 2.96. The molecule has 1 N–H and O–H groups in total. The van der Waals surface area contributed by atoms with Crippen molar-refractivity contribution in [2.75, 3.05) is 26.2 Å². The highest BCUT2D eigenvalue weighted by Crippen LogP contribution is 2.45. The van der Waals surface area contributed by atoms with E-state index in [0.717, 1.165) is 45.3 Å². The first kappa shape index (κ1) is 19.5. The van der Waals surface area contributed by atoms with Crippen LogP contribution in [0.2, 0.25) is 0 Å². The molecule has 3 aliphatic heterocycles. The minimum Gasteiger partial charge on any atom is -0.368 e. The number of rotatable bonds is 4. The van der Waals surface area contributed by atoms with Crippen LogP contribution in [-0.2, 0) is 14.3 Å². The minimum absolute atomic E-state index is 0.00549. The number of nitrogens with one attached hydrogen (secondary N) is 1. The zero-order chi connectivity index (χ0) is 20.0. The molecule has 5 aliphatic rings. The van der Waals surface area contributed by atoms with Crippen LogP contribution in [0, 0.1) is 5.92 Å². The van der Waals surface area contributed by atoms with Crippen molar-refractivity contribution < 1.29 is 18.7 Å². The Morgan fingerprint density at radius 3 is 2.76 bits per heavy atom.